The Bertz CT molecular complexity index is 274. The van der Waals surface area contributed by atoms with Crippen molar-refractivity contribution >= 4 is 5.84 Å². The van der Waals surface area contributed by atoms with Gasteiger partial charge in [0.25, 0.3) is 0 Å². The van der Waals surface area contributed by atoms with Gasteiger partial charge in [-0.2, -0.15) is 0 Å². The zero-order valence-electron chi connectivity index (χ0n) is 12.0. The maximum Gasteiger partial charge on any atom is 0.139 e. The molecule has 0 amide bonds. The molecule has 1 aliphatic carbocycles. The Hall–Kier alpha value is -0.810. The smallest absolute Gasteiger partial charge is 0.139 e. The molecule has 0 aromatic carbocycles. The van der Waals surface area contributed by atoms with E-state index in [0.29, 0.717) is 17.8 Å². The molecule has 5 nitrogen and oxygen atoms in total. The van der Waals surface area contributed by atoms with Crippen molar-refractivity contribution in [3.05, 3.63) is 0 Å². The highest BCUT2D eigenvalue weighted by molar-refractivity contribution is 5.79. The lowest BCUT2D eigenvalue weighted by molar-refractivity contribution is 0.0276. The molecule has 5 heteroatoms. The standard InChI is InChI=1S/C13H28N4O/c1-16(2)13(8-6-9-13)11-17(3)10-5-4-7-12(14)15-18/h18H,4-11H2,1-3H3,(H2,14,15). The first kappa shape index (κ1) is 15.2. The van der Waals surface area contributed by atoms with Gasteiger partial charge in [-0.15, -0.1) is 0 Å². The van der Waals surface area contributed by atoms with Crippen LogP contribution in [0.2, 0.25) is 0 Å². The lowest BCUT2D eigenvalue weighted by Crippen LogP contribution is -2.56. The average molecular weight is 256 g/mol. The fourth-order valence-corrected chi connectivity index (χ4v) is 2.65. The van der Waals surface area contributed by atoms with E-state index in [1.165, 1.54) is 19.3 Å². The van der Waals surface area contributed by atoms with Gasteiger partial charge in [0.1, 0.15) is 5.84 Å². The second-order valence-electron chi connectivity index (χ2n) is 5.76. The van der Waals surface area contributed by atoms with Gasteiger partial charge in [-0.1, -0.05) is 5.16 Å². The molecule has 0 spiro atoms. The summed E-state index contributed by atoms with van der Waals surface area (Å²) in [6, 6.07) is 0. The van der Waals surface area contributed by atoms with E-state index in [-0.39, 0.29) is 0 Å². The summed E-state index contributed by atoms with van der Waals surface area (Å²) in [7, 11) is 6.56. The summed E-state index contributed by atoms with van der Waals surface area (Å²) < 4.78 is 0. The molecule has 1 aliphatic rings. The van der Waals surface area contributed by atoms with Crippen molar-refractivity contribution < 1.29 is 5.21 Å². The van der Waals surface area contributed by atoms with Gasteiger partial charge in [0, 0.05) is 18.5 Å². The molecular weight excluding hydrogens is 228 g/mol. The third kappa shape index (κ3) is 4.14. The number of nitrogens with zero attached hydrogens (tertiary/aromatic N) is 3. The van der Waals surface area contributed by atoms with Crippen LogP contribution >= 0.6 is 0 Å². The number of likely N-dealkylation sites (N-methyl/N-ethyl adjacent to an activating group) is 2. The first-order valence-electron chi connectivity index (χ1n) is 6.82. The van der Waals surface area contributed by atoms with Crippen LogP contribution in [0.1, 0.15) is 38.5 Å². The zero-order valence-corrected chi connectivity index (χ0v) is 12.0. The molecule has 0 heterocycles. The van der Waals surface area contributed by atoms with Gasteiger partial charge in [0.15, 0.2) is 0 Å². The summed E-state index contributed by atoms with van der Waals surface area (Å²) in [4.78, 5) is 4.79. The average Bonchev–Trinajstić information content (AvgIpc) is 2.28. The van der Waals surface area contributed by atoms with E-state index in [1.807, 2.05) is 0 Å². The summed E-state index contributed by atoms with van der Waals surface area (Å²) in [5.41, 5.74) is 5.84. The van der Waals surface area contributed by atoms with Crippen LogP contribution in [0.25, 0.3) is 0 Å². The third-order valence-electron chi connectivity index (χ3n) is 4.15. The van der Waals surface area contributed by atoms with E-state index in [0.717, 1.165) is 25.9 Å². The van der Waals surface area contributed by atoms with Crippen LogP contribution in [-0.2, 0) is 0 Å². The van der Waals surface area contributed by atoms with Gasteiger partial charge in [0.05, 0.1) is 0 Å². The number of nitrogens with two attached hydrogens (primary N) is 1. The zero-order chi connectivity index (χ0) is 13.6. The summed E-state index contributed by atoms with van der Waals surface area (Å²) in [6.07, 6.45) is 6.74. The lowest BCUT2D eigenvalue weighted by atomic mass is 9.75. The van der Waals surface area contributed by atoms with Gasteiger partial charge in [0.2, 0.25) is 0 Å². The van der Waals surface area contributed by atoms with Crippen molar-refractivity contribution in [2.24, 2.45) is 10.9 Å². The molecule has 0 aromatic heterocycles. The topological polar surface area (TPSA) is 65.1 Å². The Morgan fingerprint density at radius 2 is 1.94 bits per heavy atom. The molecule has 0 atom stereocenters. The highest BCUT2D eigenvalue weighted by atomic mass is 16.4. The molecule has 0 saturated heterocycles. The lowest BCUT2D eigenvalue weighted by Gasteiger charge is -2.49. The molecule has 1 saturated carbocycles. The maximum absolute atomic E-state index is 8.44. The van der Waals surface area contributed by atoms with E-state index in [2.05, 4.69) is 36.1 Å². The van der Waals surface area contributed by atoms with Gasteiger partial charge in [-0.3, -0.25) is 0 Å². The molecule has 1 rings (SSSR count). The van der Waals surface area contributed by atoms with E-state index in [1.54, 1.807) is 0 Å². The summed E-state index contributed by atoms with van der Waals surface area (Å²) in [5, 5.41) is 11.4. The minimum Gasteiger partial charge on any atom is -0.409 e. The predicted octanol–water partition coefficient (Wildman–Crippen LogP) is 1.32. The number of rotatable bonds is 8. The largest absolute Gasteiger partial charge is 0.409 e. The van der Waals surface area contributed by atoms with Crippen LogP contribution in [0.5, 0.6) is 0 Å². The first-order valence-corrected chi connectivity index (χ1v) is 6.82. The van der Waals surface area contributed by atoms with E-state index in [4.69, 9.17) is 10.9 Å². The molecule has 0 bridgehead atoms. The van der Waals surface area contributed by atoms with Crippen molar-refractivity contribution in [3.63, 3.8) is 0 Å². The van der Waals surface area contributed by atoms with Gasteiger partial charge in [-0.05, 0) is 59.8 Å². The minimum absolute atomic E-state index is 0.335. The van der Waals surface area contributed by atoms with Crippen LogP contribution in [0.3, 0.4) is 0 Å². The highest BCUT2D eigenvalue weighted by Gasteiger charge is 2.39. The Morgan fingerprint density at radius 3 is 2.39 bits per heavy atom. The van der Waals surface area contributed by atoms with Gasteiger partial charge >= 0.3 is 0 Å². The first-order chi connectivity index (χ1) is 8.50. The Morgan fingerprint density at radius 1 is 1.28 bits per heavy atom. The van der Waals surface area contributed by atoms with Crippen molar-refractivity contribution in [3.8, 4) is 0 Å². The van der Waals surface area contributed by atoms with E-state index >= 15 is 0 Å². The molecule has 106 valence electrons. The van der Waals surface area contributed by atoms with Crippen LogP contribution in [0, 0.1) is 0 Å². The molecular formula is C13H28N4O. The van der Waals surface area contributed by atoms with Crippen molar-refractivity contribution in [2.75, 3.05) is 34.2 Å². The van der Waals surface area contributed by atoms with Crippen LogP contribution in [0.15, 0.2) is 5.16 Å². The molecule has 1 fully saturated rings. The summed E-state index contributed by atoms with van der Waals surface area (Å²) in [6.45, 7) is 2.22. The molecule has 18 heavy (non-hydrogen) atoms. The molecule has 0 aliphatic heterocycles. The van der Waals surface area contributed by atoms with Gasteiger partial charge in [-0.25, -0.2) is 0 Å². The predicted molar refractivity (Wildman–Crippen MR) is 75.0 cm³/mol. The second-order valence-corrected chi connectivity index (χ2v) is 5.76. The maximum atomic E-state index is 8.44. The number of amidine groups is 1. The Balaban J connectivity index is 2.19. The van der Waals surface area contributed by atoms with E-state index in [9.17, 15) is 0 Å². The highest BCUT2D eigenvalue weighted by Crippen LogP contribution is 2.36. The van der Waals surface area contributed by atoms with Crippen molar-refractivity contribution in [1.29, 1.82) is 0 Å². The Kier molecular flexibility index (Phi) is 5.88. The van der Waals surface area contributed by atoms with Crippen molar-refractivity contribution in [1.82, 2.24) is 9.80 Å². The third-order valence-corrected chi connectivity index (χ3v) is 4.15. The monoisotopic (exact) mass is 256 g/mol. The molecule has 0 unspecified atom stereocenters. The van der Waals surface area contributed by atoms with Crippen LogP contribution < -0.4 is 5.73 Å². The van der Waals surface area contributed by atoms with Crippen molar-refractivity contribution in [2.45, 2.75) is 44.1 Å². The number of oxime groups is 1. The molecule has 0 aromatic rings. The fourth-order valence-electron chi connectivity index (χ4n) is 2.65. The second kappa shape index (κ2) is 6.95. The number of hydrogen-bond donors (Lipinski definition) is 2. The summed E-state index contributed by atoms with van der Waals surface area (Å²) >= 11 is 0. The number of unbranched alkanes of at least 4 members (excludes halogenated alkanes) is 1. The SMILES string of the molecule is CN(CCCCC(N)=NO)CC1(N(C)C)CCC1. The van der Waals surface area contributed by atoms with Crippen LogP contribution in [-0.4, -0.2) is 60.6 Å². The fraction of sp³-hybridized carbons (Fsp3) is 0.923. The minimum atomic E-state index is 0.335. The van der Waals surface area contributed by atoms with Gasteiger partial charge < -0.3 is 20.7 Å². The molecule has 0 radical (unpaired) electrons. The summed E-state index contributed by atoms with van der Waals surface area (Å²) in [5.74, 6) is 0.335. The number of hydrogen-bond acceptors (Lipinski definition) is 4. The molecule has 3 N–H and O–H groups in total. The van der Waals surface area contributed by atoms with E-state index < -0.39 is 0 Å². The normalized spacial score (nSPS) is 19.3. The quantitative estimate of drug-likeness (QED) is 0.226. The Labute approximate surface area is 111 Å². The van der Waals surface area contributed by atoms with Crippen LogP contribution in [0.4, 0.5) is 0 Å².